The Hall–Kier alpha value is -1.27. The highest BCUT2D eigenvalue weighted by Crippen LogP contribution is 2.26. The topological polar surface area (TPSA) is 63.1 Å². The van der Waals surface area contributed by atoms with Crippen LogP contribution in [-0.2, 0) is 11.2 Å². The Kier molecular flexibility index (Phi) is 2.55. The zero-order valence-electron chi connectivity index (χ0n) is 7.01. The summed E-state index contributed by atoms with van der Waals surface area (Å²) < 4.78 is 0. The Morgan fingerprint density at radius 3 is 2.93 bits per heavy atom. The molecule has 0 saturated carbocycles. The molecule has 4 nitrogen and oxygen atoms in total. The van der Waals surface area contributed by atoms with Crippen molar-refractivity contribution in [1.29, 1.82) is 0 Å². The maximum atomic E-state index is 10.4. The van der Waals surface area contributed by atoms with Gasteiger partial charge in [0.05, 0.1) is 6.42 Å². The second-order valence-electron chi connectivity index (χ2n) is 2.54. The number of carbonyl (C=O) groups is 1. The van der Waals surface area contributed by atoms with Gasteiger partial charge in [0.1, 0.15) is 0 Å². The largest absolute Gasteiger partial charge is 0.481 e. The van der Waals surface area contributed by atoms with Crippen molar-refractivity contribution < 1.29 is 9.90 Å². The molecule has 2 aromatic rings. The van der Waals surface area contributed by atoms with Gasteiger partial charge in [-0.25, -0.2) is 9.97 Å². The quantitative estimate of drug-likeness (QED) is 0.868. The molecule has 2 rings (SSSR count). The van der Waals surface area contributed by atoms with Crippen LogP contribution in [0.4, 0.5) is 0 Å². The van der Waals surface area contributed by atoms with E-state index < -0.39 is 5.97 Å². The molecular weight excluding hydrogens is 220 g/mol. The summed E-state index contributed by atoms with van der Waals surface area (Å²) in [5.41, 5.74) is 0. The van der Waals surface area contributed by atoms with Crippen LogP contribution in [0.1, 0.15) is 4.88 Å². The van der Waals surface area contributed by atoms with Crippen molar-refractivity contribution in [2.75, 3.05) is 0 Å². The molecule has 0 atom stereocenters. The minimum absolute atomic E-state index is 0.0308. The van der Waals surface area contributed by atoms with E-state index in [1.165, 1.54) is 22.7 Å². The van der Waals surface area contributed by atoms with Gasteiger partial charge in [-0.1, -0.05) is 0 Å². The summed E-state index contributed by atoms with van der Waals surface area (Å²) in [6.07, 6.45) is 3.33. The van der Waals surface area contributed by atoms with Gasteiger partial charge in [0.2, 0.25) is 0 Å². The summed E-state index contributed by atoms with van der Waals surface area (Å²) >= 11 is 2.87. The van der Waals surface area contributed by atoms with Gasteiger partial charge in [-0.3, -0.25) is 4.79 Å². The maximum Gasteiger partial charge on any atom is 0.308 e. The lowest BCUT2D eigenvalue weighted by Crippen LogP contribution is -1.97. The van der Waals surface area contributed by atoms with Crippen molar-refractivity contribution in [2.45, 2.75) is 6.42 Å². The van der Waals surface area contributed by atoms with Crippen LogP contribution >= 0.6 is 22.7 Å². The first-order chi connectivity index (χ1) is 6.75. The van der Waals surface area contributed by atoms with Gasteiger partial charge in [0.25, 0.3) is 0 Å². The Morgan fingerprint density at radius 1 is 1.43 bits per heavy atom. The Balaban J connectivity index is 2.22. The van der Waals surface area contributed by atoms with Crippen LogP contribution in [0.2, 0.25) is 0 Å². The molecule has 0 fully saturated rings. The van der Waals surface area contributed by atoms with E-state index in [4.69, 9.17) is 5.11 Å². The van der Waals surface area contributed by atoms with Crippen LogP contribution in [0.15, 0.2) is 17.8 Å². The van der Waals surface area contributed by atoms with Gasteiger partial charge in [0.15, 0.2) is 10.0 Å². The molecule has 2 aromatic heterocycles. The molecular formula is C8H6N2O2S2. The van der Waals surface area contributed by atoms with E-state index in [2.05, 4.69) is 9.97 Å². The van der Waals surface area contributed by atoms with Crippen LogP contribution in [0, 0.1) is 0 Å². The molecule has 0 aliphatic rings. The molecule has 2 heterocycles. The first kappa shape index (κ1) is 9.29. The number of carboxylic acids is 1. The zero-order chi connectivity index (χ0) is 9.97. The molecule has 0 aromatic carbocycles. The highest BCUT2D eigenvalue weighted by atomic mass is 32.1. The average molecular weight is 226 g/mol. The number of hydrogen-bond donors (Lipinski definition) is 1. The van der Waals surface area contributed by atoms with E-state index in [0.29, 0.717) is 0 Å². The maximum absolute atomic E-state index is 10.4. The van der Waals surface area contributed by atoms with Crippen molar-refractivity contribution in [1.82, 2.24) is 9.97 Å². The summed E-state index contributed by atoms with van der Waals surface area (Å²) in [4.78, 5) is 19.4. The highest BCUT2D eigenvalue weighted by molar-refractivity contribution is 7.20. The minimum atomic E-state index is -0.834. The molecule has 0 bridgehead atoms. The van der Waals surface area contributed by atoms with Gasteiger partial charge in [-0.05, 0) is 0 Å². The van der Waals surface area contributed by atoms with Gasteiger partial charge in [0, 0.05) is 22.7 Å². The van der Waals surface area contributed by atoms with Gasteiger partial charge >= 0.3 is 5.97 Å². The van der Waals surface area contributed by atoms with E-state index in [9.17, 15) is 4.79 Å². The van der Waals surface area contributed by atoms with Crippen LogP contribution in [-0.4, -0.2) is 21.0 Å². The fraction of sp³-hybridized carbons (Fsp3) is 0.125. The van der Waals surface area contributed by atoms with E-state index in [1.807, 2.05) is 5.38 Å². The monoisotopic (exact) mass is 226 g/mol. The number of aliphatic carboxylic acids is 1. The Labute approximate surface area is 87.9 Å². The number of carboxylic acid groups (broad SMARTS) is 1. The predicted octanol–water partition coefficient (Wildman–Crippen LogP) is 1.89. The van der Waals surface area contributed by atoms with Crippen LogP contribution in [0.3, 0.4) is 0 Å². The van der Waals surface area contributed by atoms with Crippen molar-refractivity contribution >= 4 is 28.6 Å². The Bertz CT molecular complexity index is 436. The first-order valence-electron chi connectivity index (χ1n) is 3.82. The summed E-state index contributed by atoms with van der Waals surface area (Å²) in [5, 5.41) is 12.1. The lowest BCUT2D eigenvalue weighted by molar-refractivity contribution is -0.136. The van der Waals surface area contributed by atoms with E-state index >= 15 is 0 Å². The van der Waals surface area contributed by atoms with E-state index in [-0.39, 0.29) is 6.42 Å². The summed E-state index contributed by atoms with van der Waals surface area (Å²) in [7, 11) is 0. The number of nitrogens with zero attached hydrogens (tertiary/aromatic N) is 2. The molecule has 1 N–H and O–H groups in total. The third kappa shape index (κ3) is 1.97. The molecule has 14 heavy (non-hydrogen) atoms. The smallest absolute Gasteiger partial charge is 0.308 e. The first-order valence-corrected chi connectivity index (χ1v) is 5.51. The second-order valence-corrected chi connectivity index (χ2v) is 4.55. The fourth-order valence-electron chi connectivity index (χ4n) is 0.966. The van der Waals surface area contributed by atoms with Gasteiger partial charge < -0.3 is 5.11 Å². The van der Waals surface area contributed by atoms with Crippen LogP contribution in [0.25, 0.3) is 10.0 Å². The molecule has 72 valence electrons. The van der Waals surface area contributed by atoms with Gasteiger partial charge in [-0.2, -0.15) is 0 Å². The molecule has 0 saturated heterocycles. The SMILES string of the molecule is O=C(O)Cc1cnc(-c2nccs2)s1. The van der Waals surface area contributed by atoms with Crippen molar-refractivity contribution in [2.24, 2.45) is 0 Å². The van der Waals surface area contributed by atoms with Crippen molar-refractivity contribution in [3.8, 4) is 10.0 Å². The molecule has 6 heteroatoms. The van der Waals surface area contributed by atoms with E-state index in [1.54, 1.807) is 12.4 Å². The fourth-order valence-corrected chi connectivity index (χ4v) is 2.56. The van der Waals surface area contributed by atoms with E-state index in [0.717, 1.165) is 14.9 Å². The summed E-state index contributed by atoms with van der Waals surface area (Å²) in [5.74, 6) is -0.834. The number of hydrogen-bond acceptors (Lipinski definition) is 5. The molecule has 0 amide bonds. The summed E-state index contributed by atoms with van der Waals surface area (Å²) in [6.45, 7) is 0. The third-order valence-electron chi connectivity index (χ3n) is 1.49. The predicted molar refractivity (Wildman–Crippen MR) is 54.6 cm³/mol. The zero-order valence-corrected chi connectivity index (χ0v) is 8.64. The molecule has 0 aliphatic carbocycles. The molecule has 0 spiro atoms. The molecule has 0 unspecified atom stereocenters. The highest BCUT2D eigenvalue weighted by Gasteiger charge is 2.08. The minimum Gasteiger partial charge on any atom is -0.481 e. The van der Waals surface area contributed by atoms with Crippen LogP contribution in [0.5, 0.6) is 0 Å². The third-order valence-corrected chi connectivity index (χ3v) is 3.41. The number of thiazole rings is 2. The standard InChI is InChI=1S/C8H6N2O2S2/c11-6(12)3-5-4-10-8(14-5)7-9-1-2-13-7/h1-2,4H,3H2,(H,11,12). The van der Waals surface area contributed by atoms with Crippen molar-refractivity contribution in [3.05, 3.63) is 22.7 Å². The summed E-state index contributed by atoms with van der Waals surface area (Å²) in [6, 6.07) is 0. The van der Waals surface area contributed by atoms with Gasteiger partial charge in [-0.15, -0.1) is 22.7 Å². The molecule has 0 radical (unpaired) electrons. The Morgan fingerprint density at radius 2 is 2.29 bits per heavy atom. The normalized spacial score (nSPS) is 10.3. The lowest BCUT2D eigenvalue weighted by Gasteiger charge is -1.86. The number of rotatable bonds is 3. The second kappa shape index (κ2) is 3.85. The van der Waals surface area contributed by atoms with Crippen LogP contribution < -0.4 is 0 Å². The average Bonchev–Trinajstić information content (AvgIpc) is 2.69. The molecule has 0 aliphatic heterocycles. The lowest BCUT2D eigenvalue weighted by atomic mass is 10.4. The number of aromatic nitrogens is 2. The van der Waals surface area contributed by atoms with Crippen molar-refractivity contribution in [3.63, 3.8) is 0 Å².